The van der Waals surface area contributed by atoms with E-state index in [1.54, 1.807) is 0 Å². The first-order valence-electron chi connectivity index (χ1n) is 4.64. The summed E-state index contributed by atoms with van der Waals surface area (Å²) in [6.45, 7) is 6.68. The van der Waals surface area contributed by atoms with E-state index in [0.29, 0.717) is 6.61 Å². The van der Waals surface area contributed by atoms with Crippen molar-refractivity contribution in [2.24, 2.45) is 5.73 Å². The van der Waals surface area contributed by atoms with E-state index in [0.717, 1.165) is 11.3 Å². The molecule has 1 rings (SSSR count). The van der Waals surface area contributed by atoms with Gasteiger partial charge in [0.2, 0.25) is 0 Å². The van der Waals surface area contributed by atoms with Gasteiger partial charge in [-0.1, -0.05) is 12.1 Å². The molecule has 0 unspecified atom stereocenters. The van der Waals surface area contributed by atoms with Gasteiger partial charge in [-0.3, -0.25) is 0 Å². The first kappa shape index (κ1) is 10.1. The van der Waals surface area contributed by atoms with E-state index < -0.39 is 0 Å². The van der Waals surface area contributed by atoms with E-state index in [2.05, 4.69) is 6.07 Å². The molecule has 2 N–H and O–H groups in total. The molecule has 0 spiro atoms. The molecular weight excluding hydrogens is 162 g/mol. The highest BCUT2D eigenvalue weighted by molar-refractivity contribution is 5.38. The Morgan fingerprint density at radius 1 is 1.46 bits per heavy atom. The maximum atomic E-state index is 5.81. The molecule has 1 aromatic rings. The van der Waals surface area contributed by atoms with Crippen molar-refractivity contribution in [2.45, 2.75) is 26.8 Å². The lowest BCUT2D eigenvalue weighted by Gasteiger charge is -2.13. The summed E-state index contributed by atoms with van der Waals surface area (Å²) < 4.78 is 5.50. The lowest BCUT2D eigenvalue weighted by Crippen LogP contribution is -2.08. The number of hydrogen-bond donors (Lipinski definition) is 1. The second kappa shape index (κ2) is 4.28. The van der Waals surface area contributed by atoms with Gasteiger partial charge in [0, 0.05) is 11.6 Å². The van der Waals surface area contributed by atoms with Crippen LogP contribution in [0.2, 0.25) is 0 Å². The van der Waals surface area contributed by atoms with Crippen molar-refractivity contribution >= 4 is 0 Å². The molecule has 1 atom stereocenters. The molecule has 2 nitrogen and oxygen atoms in total. The molecule has 13 heavy (non-hydrogen) atoms. The lowest BCUT2D eigenvalue weighted by atomic mass is 10.1. The molecule has 0 fully saturated rings. The van der Waals surface area contributed by atoms with E-state index >= 15 is 0 Å². The molecule has 0 radical (unpaired) electrons. The Morgan fingerprint density at radius 3 is 2.69 bits per heavy atom. The van der Waals surface area contributed by atoms with Crippen molar-refractivity contribution in [1.82, 2.24) is 0 Å². The highest BCUT2D eigenvalue weighted by Gasteiger charge is 2.07. The summed E-state index contributed by atoms with van der Waals surface area (Å²) in [4.78, 5) is 0. The molecule has 0 heterocycles. The van der Waals surface area contributed by atoms with Gasteiger partial charge >= 0.3 is 0 Å². The molecule has 0 bridgehead atoms. The standard InChI is InChI=1S/C11H17NO/c1-4-13-11-7-8(2)5-6-10(11)9(3)12/h5-7,9H,4,12H2,1-3H3/t9-/m1/s1. The van der Waals surface area contributed by atoms with Gasteiger partial charge < -0.3 is 10.5 Å². The SMILES string of the molecule is CCOc1cc(C)ccc1[C@@H](C)N. The molecule has 1 aromatic carbocycles. The second-order valence-corrected chi connectivity index (χ2v) is 3.26. The zero-order valence-electron chi connectivity index (χ0n) is 8.50. The fourth-order valence-corrected chi connectivity index (χ4v) is 1.30. The highest BCUT2D eigenvalue weighted by atomic mass is 16.5. The van der Waals surface area contributed by atoms with Gasteiger partial charge in [-0.15, -0.1) is 0 Å². The number of nitrogens with two attached hydrogens (primary N) is 1. The third-order valence-electron chi connectivity index (χ3n) is 1.96. The van der Waals surface area contributed by atoms with Crippen molar-refractivity contribution in [1.29, 1.82) is 0 Å². The summed E-state index contributed by atoms with van der Waals surface area (Å²) in [5.41, 5.74) is 8.09. The largest absolute Gasteiger partial charge is 0.494 e. The van der Waals surface area contributed by atoms with Crippen LogP contribution in [0.1, 0.15) is 31.0 Å². The number of ether oxygens (including phenoxy) is 1. The predicted molar refractivity (Wildman–Crippen MR) is 55.0 cm³/mol. The Kier molecular flexibility index (Phi) is 3.32. The van der Waals surface area contributed by atoms with Gasteiger partial charge in [-0.25, -0.2) is 0 Å². The molecule has 72 valence electrons. The van der Waals surface area contributed by atoms with Crippen molar-refractivity contribution in [3.63, 3.8) is 0 Å². The van der Waals surface area contributed by atoms with Crippen molar-refractivity contribution < 1.29 is 4.74 Å². The zero-order valence-corrected chi connectivity index (χ0v) is 8.50. The Morgan fingerprint density at radius 2 is 2.15 bits per heavy atom. The normalized spacial score (nSPS) is 12.6. The minimum absolute atomic E-state index is 0.0298. The fraction of sp³-hybridized carbons (Fsp3) is 0.455. The van der Waals surface area contributed by atoms with Gasteiger partial charge in [-0.05, 0) is 32.4 Å². The first-order valence-corrected chi connectivity index (χ1v) is 4.64. The summed E-state index contributed by atoms with van der Waals surface area (Å²) in [5.74, 6) is 0.914. The third-order valence-corrected chi connectivity index (χ3v) is 1.96. The molecule has 0 aliphatic rings. The van der Waals surface area contributed by atoms with E-state index in [9.17, 15) is 0 Å². The molecule has 0 aliphatic carbocycles. The topological polar surface area (TPSA) is 35.2 Å². The Balaban J connectivity index is 3.03. The van der Waals surface area contributed by atoms with Gasteiger partial charge in [0.15, 0.2) is 0 Å². The van der Waals surface area contributed by atoms with E-state index in [-0.39, 0.29) is 6.04 Å². The van der Waals surface area contributed by atoms with Gasteiger partial charge in [-0.2, -0.15) is 0 Å². The summed E-state index contributed by atoms with van der Waals surface area (Å²) in [6.07, 6.45) is 0. The fourth-order valence-electron chi connectivity index (χ4n) is 1.30. The smallest absolute Gasteiger partial charge is 0.124 e. The molecule has 0 aromatic heterocycles. The van der Waals surface area contributed by atoms with E-state index in [1.165, 1.54) is 5.56 Å². The van der Waals surface area contributed by atoms with E-state index in [4.69, 9.17) is 10.5 Å². The van der Waals surface area contributed by atoms with Crippen LogP contribution in [-0.2, 0) is 0 Å². The number of aryl methyl sites for hydroxylation is 1. The lowest BCUT2D eigenvalue weighted by molar-refractivity contribution is 0.334. The van der Waals surface area contributed by atoms with Gasteiger partial charge in [0.1, 0.15) is 5.75 Å². The second-order valence-electron chi connectivity index (χ2n) is 3.26. The van der Waals surface area contributed by atoms with Crippen LogP contribution in [0, 0.1) is 6.92 Å². The van der Waals surface area contributed by atoms with Gasteiger partial charge in [0.25, 0.3) is 0 Å². The van der Waals surface area contributed by atoms with Crippen molar-refractivity contribution in [2.75, 3.05) is 6.61 Å². The number of rotatable bonds is 3. The van der Waals surface area contributed by atoms with Crippen molar-refractivity contribution in [3.8, 4) is 5.75 Å². The van der Waals surface area contributed by atoms with Crippen molar-refractivity contribution in [3.05, 3.63) is 29.3 Å². The third kappa shape index (κ3) is 2.46. The van der Waals surface area contributed by atoms with Crippen LogP contribution in [-0.4, -0.2) is 6.61 Å². The van der Waals surface area contributed by atoms with Crippen LogP contribution in [0.5, 0.6) is 5.75 Å². The number of benzene rings is 1. The first-order chi connectivity index (χ1) is 6.15. The Hall–Kier alpha value is -1.02. The van der Waals surface area contributed by atoms with Gasteiger partial charge in [0.05, 0.1) is 6.61 Å². The highest BCUT2D eigenvalue weighted by Crippen LogP contribution is 2.24. The van der Waals surface area contributed by atoms with Crippen LogP contribution in [0.3, 0.4) is 0 Å². The van der Waals surface area contributed by atoms with Crippen LogP contribution in [0.4, 0.5) is 0 Å². The quantitative estimate of drug-likeness (QED) is 0.773. The minimum Gasteiger partial charge on any atom is -0.494 e. The summed E-state index contributed by atoms with van der Waals surface area (Å²) in [5, 5.41) is 0. The van der Waals surface area contributed by atoms with Crippen LogP contribution in [0.25, 0.3) is 0 Å². The molecular formula is C11H17NO. The zero-order chi connectivity index (χ0) is 9.84. The molecule has 0 saturated carbocycles. The average molecular weight is 179 g/mol. The van der Waals surface area contributed by atoms with E-state index in [1.807, 2.05) is 32.9 Å². The maximum absolute atomic E-state index is 5.81. The molecule has 0 amide bonds. The average Bonchev–Trinajstić information content (AvgIpc) is 2.04. The van der Waals surface area contributed by atoms with Crippen LogP contribution >= 0.6 is 0 Å². The summed E-state index contributed by atoms with van der Waals surface area (Å²) in [7, 11) is 0. The van der Waals surface area contributed by atoms with Crippen LogP contribution < -0.4 is 10.5 Å². The molecule has 0 saturated heterocycles. The summed E-state index contributed by atoms with van der Waals surface area (Å²) >= 11 is 0. The predicted octanol–water partition coefficient (Wildman–Crippen LogP) is 2.41. The molecule has 2 heteroatoms. The monoisotopic (exact) mass is 179 g/mol. The Bertz CT molecular complexity index is 281. The molecule has 0 aliphatic heterocycles. The van der Waals surface area contributed by atoms with Crippen LogP contribution in [0.15, 0.2) is 18.2 Å². The minimum atomic E-state index is 0.0298. The summed E-state index contributed by atoms with van der Waals surface area (Å²) in [6, 6.07) is 6.15. The maximum Gasteiger partial charge on any atom is 0.124 e. The Labute approximate surface area is 79.7 Å². The number of hydrogen-bond acceptors (Lipinski definition) is 2.